The molecule has 1 saturated heterocycles. The van der Waals surface area contributed by atoms with Crippen LogP contribution < -0.4 is 20.1 Å². The van der Waals surface area contributed by atoms with E-state index in [4.69, 9.17) is 32.2 Å². The second kappa shape index (κ2) is 5.98. The number of thiocarbonyl (C=S) groups is 1. The molecule has 0 aromatic carbocycles. The smallest absolute Gasteiger partial charge is 0.232 e. The lowest BCUT2D eigenvalue weighted by atomic mass is 10.3. The van der Waals surface area contributed by atoms with Crippen LogP contribution in [0.2, 0.25) is 0 Å². The molecule has 1 unspecified atom stereocenters. The summed E-state index contributed by atoms with van der Waals surface area (Å²) >= 11 is 4.95. The zero-order valence-corrected chi connectivity index (χ0v) is 11.6. The van der Waals surface area contributed by atoms with Crippen molar-refractivity contribution < 1.29 is 14.2 Å². The Bertz CT molecular complexity index is 449. The predicted octanol–water partition coefficient (Wildman–Crippen LogP) is -0.0149. The van der Waals surface area contributed by atoms with Crippen LogP contribution in [0.5, 0.6) is 11.8 Å². The van der Waals surface area contributed by atoms with Crippen molar-refractivity contribution in [2.45, 2.75) is 6.10 Å². The summed E-state index contributed by atoms with van der Waals surface area (Å²) in [5.41, 5.74) is 5.61. The molecular formula is C11H16N4O3S. The Hall–Kier alpha value is -1.67. The minimum absolute atomic E-state index is 0.287. The highest BCUT2D eigenvalue weighted by molar-refractivity contribution is 7.80. The highest BCUT2D eigenvalue weighted by atomic mass is 32.1. The third kappa shape index (κ3) is 3.21. The van der Waals surface area contributed by atoms with Crippen LogP contribution in [0.15, 0.2) is 6.07 Å². The molecule has 0 spiro atoms. The Morgan fingerprint density at radius 2 is 2.05 bits per heavy atom. The number of ether oxygens (including phenoxy) is 3. The average Bonchev–Trinajstić information content (AvgIpc) is 2.46. The molecule has 0 saturated carbocycles. The Morgan fingerprint density at radius 3 is 2.58 bits per heavy atom. The zero-order valence-electron chi connectivity index (χ0n) is 10.8. The summed E-state index contributed by atoms with van der Waals surface area (Å²) in [4.78, 5) is 10.9. The fourth-order valence-corrected chi connectivity index (χ4v) is 1.89. The molecule has 7 nitrogen and oxygen atoms in total. The fraction of sp³-hybridized carbons (Fsp3) is 0.545. The van der Waals surface area contributed by atoms with Gasteiger partial charge >= 0.3 is 0 Å². The van der Waals surface area contributed by atoms with Gasteiger partial charge in [-0.15, -0.1) is 0 Å². The van der Waals surface area contributed by atoms with Gasteiger partial charge in [-0.25, -0.2) is 0 Å². The van der Waals surface area contributed by atoms with Crippen LogP contribution >= 0.6 is 12.2 Å². The van der Waals surface area contributed by atoms with E-state index in [1.165, 1.54) is 0 Å². The third-order valence-electron chi connectivity index (χ3n) is 2.75. The number of rotatable bonds is 4. The van der Waals surface area contributed by atoms with E-state index in [0.29, 0.717) is 42.4 Å². The maximum Gasteiger partial charge on any atom is 0.232 e. The van der Waals surface area contributed by atoms with Gasteiger partial charge in [-0.3, -0.25) is 0 Å². The van der Waals surface area contributed by atoms with Crippen LogP contribution in [0, 0.1) is 0 Å². The summed E-state index contributed by atoms with van der Waals surface area (Å²) in [5.74, 6) is 1.40. The van der Waals surface area contributed by atoms with Gasteiger partial charge in [0, 0.05) is 6.54 Å². The van der Waals surface area contributed by atoms with Crippen molar-refractivity contribution in [3.63, 3.8) is 0 Å². The summed E-state index contributed by atoms with van der Waals surface area (Å²) in [7, 11) is 3.09. The molecule has 1 aromatic heterocycles. The van der Waals surface area contributed by atoms with E-state index in [0.717, 1.165) is 0 Å². The van der Waals surface area contributed by atoms with Gasteiger partial charge in [0.15, 0.2) is 0 Å². The molecule has 1 aliphatic heterocycles. The van der Waals surface area contributed by atoms with Crippen molar-refractivity contribution >= 4 is 23.2 Å². The lowest BCUT2D eigenvalue weighted by Gasteiger charge is -2.32. The first-order valence-electron chi connectivity index (χ1n) is 5.77. The number of hydrogen-bond donors (Lipinski definition) is 1. The molecule has 0 amide bonds. The number of aromatic nitrogens is 2. The molecule has 1 atom stereocenters. The van der Waals surface area contributed by atoms with Crippen LogP contribution in [-0.4, -0.2) is 55.0 Å². The third-order valence-corrected chi connectivity index (χ3v) is 3.02. The molecule has 8 heteroatoms. The number of nitrogens with two attached hydrogens (primary N) is 1. The Balaban J connectivity index is 2.22. The molecular weight excluding hydrogens is 268 g/mol. The van der Waals surface area contributed by atoms with Crippen molar-refractivity contribution in [1.82, 2.24) is 9.97 Å². The van der Waals surface area contributed by atoms with E-state index in [2.05, 4.69) is 9.97 Å². The van der Waals surface area contributed by atoms with Crippen molar-refractivity contribution in [2.24, 2.45) is 5.73 Å². The lowest BCUT2D eigenvalue weighted by molar-refractivity contribution is 0.0839. The monoisotopic (exact) mass is 284 g/mol. The highest BCUT2D eigenvalue weighted by Crippen LogP contribution is 2.21. The SMILES string of the molecule is COc1cc(OC)nc(N2CCOC(C(N)=S)C2)n1. The first-order chi connectivity index (χ1) is 9.13. The van der Waals surface area contributed by atoms with Gasteiger partial charge in [0.05, 0.1) is 33.4 Å². The maximum atomic E-state index is 5.61. The Kier molecular flexibility index (Phi) is 4.33. The normalized spacial score (nSPS) is 19.1. The first kappa shape index (κ1) is 13.8. The van der Waals surface area contributed by atoms with Crippen molar-refractivity contribution in [3.05, 3.63) is 6.07 Å². The van der Waals surface area contributed by atoms with E-state index >= 15 is 0 Å². The summed E-state index contributed by atoms with van der Waals surface area (Å²) in [6, 6.07) is 1.62. The number of anilines is 1. The summed E-state index contributed by atoms with van der Waals surface area (Å²) in [6.45, 7) is 1.70. The van der Waals surface area contributed by atoms with Crippen molar-refractivity contribution in [1.29, 1.82) is 0 Å². The Morgan fingerprint density at radius 1 is 1.42 bits per heavy atom. The van der Waals surface area contributed by atoms with E-state index < -0.39 is 0 Å². The summed E-state index contributed by atoms with van der Waals surface area (Å²) < 4.78 is 15.7. The summed E-state index contributed by atoms with van der Waals surface area (Å²) in [6.07, 6.45) is -0.287. The van der Waals surface area contributed by atoms with Gasteiger partial charge in [0.25, 0.3) is 0 Å². The molecule has 2 heterocycles. The van der Waals surface area contributed by atoms with Crippen LogP contribution in [0.1, 0.15) is 0 Å². The largest absolute Gasteiger partial charge is 0.481 e. The van der Waals surface area contributed by atoms with Gasteiger partial charge in [-0.2, -0.15) is 9.97 Å². The number of hydrogen-bond acceptors (Lipinski definition) is 7. The fourth-order valence-electron chi connectivity index (χ4n) is 1.75. The second-order valence-corrected chi connectivity index (χ2v) is 4.43. The van der Waals surface area contributed by atoms with Crippen LogP contribution in [-0.2, 0) is 4.74 Å². The molecule has 2 rings (SSSR count). The first-order valence-corrected chi connectivity index (χ1v) is 6.17. The second-order valence-electron chi connectivity index (χ2n) is 3.96. The number of nitrogens with zero attached hydrogens (tertiary/aromatic N) is 3. The van der Waals surface area contributed by atoms with E-state index in [1.807, 2.05) is 4.90 Å². The maximum absolute atomic E-state index is 5.61. The lowest BCUT2D eigenvalue weighted by Crippen LogP contribution is -2.48. The van der Waals surface area contributed by atoms with Crippen molar-refractivity contribution in [2.75, 3.05) is 38.8 Å². The van der Waals surface area contributed by atoms with Gasteiger partial charge in [0.1, 0.15) is 11.1 Å². The molecule has 0 radical (unpaired) electrons. The number of methoxy groups -OCH3 is 2. The van der Waals surface area contributed by atoms with Gasteiger partial charge in [0.2, 0.25) is 17.7 Å². The van der Waals surface area contributed by atoms with E-state index in [-0.39, 0.29) is 6.10 Å². The average molecular weight is 284 g/mol. The highest BCUT2D eigenvalue weighted by Gasteiger charge is 2.25. The Labute approximate surface area is 116 Å². The minimum atomic E-state index is -0.287. The number of morpholine rings is 1. The van der Waals surface area contributed by atoms with Crippen LogP contribution in [0.3, 0.4) is 0 Å². The van der Waals surface area contributed by atoms with Gasteiger partial charge in [-0.05, 0) is 0 Å². The quantitative estimate of drug-likeness (QED) is 0.773. The van der Waals surface area contributed by atoms with Crippen molar-refractivity contribution in [3.8, 4) is 11.8 Å². The topological polar surface area (TPSA) is 82.7 Å². The minimum Gasteiger partial charge on any atom is -0.481 e. The van der Waals surface area contributed by atoms with E-state index in [9.17, 15) is 0 Å². The molecule has 1 aliphatic rings. The van der Waals surface area contributed by atoms with E-state index in [1.54, 1.807) is 20.3 Å². The molecule has 19 heavy (non-hydrogen) atoms. The van der Waals surface area contributed by atoms with Gasteiger partial charge in [-0.1, -0.05) is 12.2 Å². The summed E-state index contributed by atoms with van der Waals surface area (Å²) in [5, 5.41) is 0. The molecule has 1 aromatic rings. The molecule has 1 fully saturated rings. The zero-order chi connectivity index (χ0) is 13.8. The van der Waals surface area contributed by atoms with Crippen LogP contribution in [0.25, 0.3) is 0 Å². The molecule has 0 bridgehead atoms. The molecule has 104 valence electrons. The standard InChI is InChI=1S/C11H16N4O3S/c1-16-8-5-9(17-2)14-11(13-8)15-3-4-18-7(6-15)10(12)19/h5,7H,3-4,6H2,1-2H3,(H2,12,19). The van der Waals surface area contributed by atoms with Gasteiger partial charge < -0.3 is 24.8 Å². The van der Waals surface area contributed by atoms with Crippen LogP contribution in [0.4, 0.5) is 5.95 Å². The predicted molar refractivity (Wildman–Crippen MR) is 73.9 cm³/mol. The molecule has 0 aliphatic carbocycles. The molecule has 2 N–H and O–H groups in total.